The fraction of sp³-hybridized carbons (Fsp3) is 0.200. The summed E-state index contributed by atoms with van der Waals surface area (Å²) in [6, 6.07) is 0. The molecule has 0 saturated carbocycles. The monoisotopic (exact) mass is 219 g/mol. The maximum Gasteiger partial charge on any atom is 0.345 e. The summed E-state index contributed by atoms with van der Waals surface area (Å²) in [4.78, 5) is 27.7. The second-order valence-electron chi connectivity index (χ2n) is 2.05. The first-order valence-corrected chi connectivity index (χ1v) is 4.11. The average molecular weight is 219 g/mol. The Bertz CT molecular complexity index is 351. The number of rotatable bonds is 5. The highest BCUT2D eigenvalue weighted by atomic mass is 32.1. The van der Waals surface area contributed by atoms with Gasteiger partial charge >= 0.3 is 11.0 Å². The molecule has 0 unspecified atom stereocenters. The highest BCUT2D eigenvalue weighted by molar-refractivity contribution is 7.18. The van der Waals surface area contributed by atoms with Crippen molar-refractivity contribution in [2.24, 2.45) is 0 Å². The van der Waals surface area contributed by atoms with Gasteiger partial charge in [0.05, 0.1) is 4.92 Å². The Morgan fingerprint density at radius 2 is 2.57 bits per heavy atom. The highest BCUT2D eigenvalue weighted by Crippen LogP contribution is 2.24. The predicted molar refractivity (Wildman–Crippen MR) is 46.0 cm³/mol. The summed E-state index contributed by atoms with van der Waals surface area (Å²) < 4.78 is 0. The number of anilines is 1. The first-order chi connectivity index (χ1) is 6.59. The fourth-order valence-electron chi connectivity index (χ4n) is 0.557. The Hall–Kier alpha value is -1.74. The highest BCUT2D eigenvalue weighted by Gasteiger charge is 2.11. The molecule has 0 amide bonds. The first-order valence-electron chi connectivity index (χ1n) is 3.29. The van der Waals surface area contributed by atoms with E-state index in [0.29, 0.717) is 0 Å². The average Bonchev–Trinajstić information content (AvgIpc) is 2.52. The Kier molecular flexibility index (Phi) is 3.31. The second kappa shape index (κ2) is 4.48. The Morgan fingerprint density at radius 1 is 1.86 bits per heavy atom. The van der Waals surface area contributed by atoms with E-state index in [9.17, 15) is 14.9 Å². The van der Waals surface area contributed by atoms with E-state index in [1.54, 1.807) is 0 Å². The summed E-state index contributed by atoms with van der Waals surface area (Å²) in [5, 5.41) is 18.4. The molecule has 0 radical (unpaired) electrons. The molecule has 8 nitrogen and oxygen atoms in total. The molecule has 9 heteroatoms. The molecule has 0 saturated heterocycles. The molecule has 2 N–H and O–H groups in total. The van der Waals surface area contributed by atoms with Gasteiger partial charge in [-0.05, 0) is 11.3 Å². The van der Waals surface area contributed by atoms with Crippen molar-refractivity contribution in [1.29, 1.82) is 0 Å². The molecule has 0 aliphatic rings. The first kappa shape index (κ1) is 10.3. The van der Waals surface area contributed by atoms with Gasteiger partial charge in [-0.3, -0.25) is 15.0 Å². The number of thiazole rings is 1. The number of aliphatic carboxylic acids is 1. The number of hydrogen-bond acceptors (Lipinski definition) is 7. The van der Waals surface area contributed by atoms with E-state index in [1.807, 2.05) is 0 Å². The smallest absolute Gasteiger partial charge is 0.345 e. The zero-order chi connectivity index (χ0) is 10.6. The lowest BCUT2D eigenvalue weighted by Crippen LogP contribution is -2.10. The summed E-state index contributed by atoms with van der Waals surface area (Å²) in [5.74, 6) is -1.15. The SMILES string of the molecule is O=C(O)CONc1ncc([N+](=O)[O-])s1. The van der Waals surface area contributed by atoms with Crippen molar-refractivity contribution in [1.82, 2.24) is 4.98 Å². The summed E-state index contributed by atoms with van der Waals surface area (Å²) in [6.07, 6.45) is 1.05. The molecular weight excluding hydrogens is 214 g/mol. The van der Waals surface area contributed by atoms with Gasteiger partial charge in [0.2, 0.25) is 5.13 Å². The maximum atomic E-state index is 10.2. The molecule has 0 bridgehead atoms. The van der Waals surface area contributed by atoms with Crippen LogP contribution in [0.25, 0.3) is 0 Å². The van der Waals surface area contributed by atoms with Gasteiger partial charge in [0.1, 0.15) is 6.20 Å². The topological polar surface area (TPSA) is 115 Å². The van der Waals surface area contributed by atoms with E-state index < -0.39 is 17.5 Å². The van der Waals surface area contributed by atoms with Crippen molar-refractivity contribution in [2.75, 3.05) is 12.1 Å². The zero-order valence-electron chi connectivity index (χ0n) is 6.67. The van der Waals surface area contributed by atoms with Crippen LogP contribution in [0.15, 0.2) is 6.20 Å². The van der Waals surface area contributed by atoms with Crippen LogP contribution < -0.4 is 5.48 Å². The van der Waals surface area contributed by atoms with Gasteiger partial charge in [0.25, 0.3) is 0 Å². The molecule has 0 spiro atoms. The zero-order valence-corrected chi connectivity index (χ0v) is 7.48. The van der Waals surface area contributed by atoms with Crippen LogP contribution in [0.2, 0.25) is 0 Å². The van der Waals surface area contributed by atoms with Crippen LogP contribution in [-0.2, 0) is 9.63 Å². The molecule has 76 valence electrons. The predicted octanol–water partition coefficient (Wildman–Crippen LogP) is 0.479. The van der Waals surface area contributed by atoms with E-state index in [-0.39, 0.29) is 10.1 Å². The molecular formula is C5H5N3O5S. The van der Waals surface area contributed by atoms with Crippen LogP contribution in [0.4, 0.5) is 10.1 Å². The number of nitrogens with one attached hydrogen (secondary N) is 1. The molecule has 0 aromatic carbocycles. The lowest BCUT2D eigenvalue weighted by molar-refractivity contribution is -0.380. The van der Waals surface area contributed by atoms with E-state index in [1.165, 1.54) is 0 Å². The standard InChI is InChI=1S/C5H5N3O5S/c9-4(10)2-13-7-5-6-1-3(14-5)8(11)12/h1H,2H2,(H,6,7)(H,9,10). The van der Waals surface area contributed by atoms with Crippen molar-refractivity contribution in [3.63, 3.8) is 0 Å². The summed E-state index contributed by atoms with van der Waals surface area (Å²) in [7, 11) is 0. The number of carbonyl (C=O) groups is 1. The Labute approximate surface area is 81.2 Å². The third kappa shape index (κ3) is 2.95. The molecule has 0 atom stereocenters. The van der Waals surface area contributed by atoms with Crippen molar-refractivity contribution >= 4 is 27.4 Å². The van der Waals surface area contributed by atoms with Gasteiger partial charge < -0.3 is 5.11 Å². The van der Waals surface area contributed by atoms with Crippen LogP contribution in [0.5, 0.6) is 0 Å². The second-order valence-corrected chi connectivity index (χ2v) is 3.05. The number of hydrogen-bond donors (Lipinski definition) is 2. The van der Waals surface area contributed by atoms with Crippen LogP contribution in [0.1, 0.15) is 0 Å². The number of aromatic nitrogens is 1. The van der Waals surface area contributed by atoms with E-state index in [4.69, 9.17) is 5.11 Å². The van der Waals surface area contributed by atoms with Gasteiger partial charge in [0, 0.05) is 0 Å². The summed E-state index contributed by atoms with van der Waals surface area (Å²) in [6.45, 7) is -0.548. The quantitative estimate of drug-likeness (QED) is 0.546. The molecule has 0 aliphatic carbocycles. The molecule has 0 fully saturated rings. The number of nitro groups is 1. The molecule has 1 aromatic rings. The van der Waals surface area contributed by atoms with E-state index in [0.717, 1.165) is 17.5 Å². The lowest BCUT2D eigenvalue weighted by atomic mass is 10.8. The third-order valence-corrected chi connectivity index (χ3v) is 1.87. The molecule has 0 aliphatic heterocycles. The minimum atomic E-state index is -1.15. The van der Waals surface area contributed by atoms with Crippen LogP contribution >= 0.6 is 11.3 Å². The number of carboxylic acid groups (broad SMARTS) is 1. The van der Waals surface area contributed by atoms with Crippen LogP contribution in [0, 0.1) is 10.1 Å². The van der Waals surface area contributed by atoms with Crippen molar-refractivity contribution < 1.29 is 19.7 Å². The third-order valence-electron chi connectivity index (χ3n) is 1.03. The van der Waals surface area contributed by atoms with Gasteiger partial charge in [-0.1, -0.05) is 0 Å². The van der Waals surface area contributed by atoms with E-state index >= 15 is 0 Å². The largest absolute Gasteiger partial charge is 0.479 e. The van der Waals surface area contributed by atoms with Crippen molar-refractivity contribution in [2.45, 2.75) is 0 Å². The van der Waals surface area contributed by atoms with Crippen LogP contribution in [0.3, 0.4) is 0 Å². The fourth-order valence-corrected chi connectivity index (χ4v) is 1.14. The van der Waals surface area contributed by atoms with Gasteiger partial charge in [-0.15, -0.1) is 0 Å². The minimum absolute atomic E-state index is 0.137. The van der Waals surface area contributed by atoms with Crippen molar-refractivity contribution in [3.05, 3.63) is 16.3 Å². The molecule has 14 heavy (non-hydrogen) atoms. The van der Waals surface area contributed by atoms with Gasteiger partial charge in [-0.25, -0.2) is 15.3 Å². The molecule has 1 heterocycles. The van der Waals surface area contributed by atoms with Crippen LogP contribution in [-0.4, -0.2) is 27.6 Å². The van der Waals surface area contributed by atoms with Gasteiger partial charge in [0.15, 0.2) is 6.61 Å². The normalized spacial score (nSPS) is 9.71. The van der Waals surface area contributed by atoms with Crippen molar-refractivity contribution in [3.8, 4) is 0 Å². The number of nitrogens with zero attached hydrogens (tertiary/aromatic N) is 2. The Morgan fingerprint density at radius 3 is 3.07 bits per heavy atom. The summed E-state index contributed by atoms with van der Waals surface area (Å²) in [5.41, 5.74) is 2.17. The van der Waals surface area contributed by atoms with E-state index in [2.05, 4.69) is 15.3 Å². The Balaban J connectivity index is 2.44. The summed E-state index contributed by atoms with van der Waals surface area (Å²) >= 11 is 0.753. The molecule has 1 aromatic heterocycles. The van der Waals surface area contributed by atoms with Gasteiger partial charge in [-0.2, -0.15) is 0 Å². The molecule has 1 rings (SSSR count). The number of carboxylic acids is 1. The maximum absolute atomic E-state index is 10.2. The minimum Gasteiger partial charge on any atom is -0.479 e. The lowest BCUT2D eigenvalue weighted by Gasteiger charge is -1.98.